The summed E-state index contributed by atoms with van der Waals surface area (Å²) in [6.07, 6.45) is 2.44. The van der Waals surface area contributed by atoms with Gasteiger partial charge in [0, 0.05) is 12.1 Å². The van der Waals surface area contributed by atoms with Crippen LogP contribution in [0.3, 0.4) is 0 Å². The van der Waals surface area contributed by atoms with Crippen molar-refractivity contribution in [3.05, 3.63) is 41.8 Å². The van der Waals surface area contributed by atoms with Crippen LogP contribution >= 0.6 is 0 Å². The van der Waals surface area contributed by atoms with E-state index in [4.69, 9.17) is 4.42 Å². The highest BCUT2D eigenvalue weighted by Gasteiger charge is 2.12. The summed E-state index contributed by atoms with van der Waals surface area (Å²) in [5.74, 6) is 1.64. The number of rotatable bonds is 6. The standard InChI is InChI=1S/C16H22N2O/c1-4-5-11-18(3)12-15-13(2)19-16(17-15)14-9-7-6-8-10-14/h6-10H,4-5,11-12H2,1-3H3. The number of benzene rings is 1. The molecule has 19 heavy (non-hydrogen) atoms. The summed E-state index contributed by atoms with van der Waals surface area (Å²) < 4.78 is 5.77. The molecule has 0 aliphatic rings. The van der Waals surface area contributed by atoms with Crippen molar-refractivity contribution in [3.8, 4) is 11.5 Å². The average Bonchev–Trinajstić information content (AvgIpc) is 2.79. The molecule has 3 heteroatoms. The maximum Gasteiger partial charge on any atom is 0.226 e. The first kappa shape index (κ1) is 13.8. The Kier molecular flexibility index (Phi) is 4.74. The van der Waals surface area contributed by atoms with Crippen molar-refractivity contribution in [1.82, 2.24) is 9.88 Å². The maximum atomic E-state index is 5.77. The fourth-order valence-electron chi connectivity index (χ4n) is 2.04. The smallest absolute Gasteiger partial charge is 0.226 e. The Labute approximate surface area is 115 Å². The van der Waals surface area contributed by atoms with Crippen molar-refractivity contribution >= 4 is 0 Å². The van der Waals surface area contributed by atoms with Crippen LogP contribution in [0.1, 0.15) is 31.2 Å². The lowest BCUT2D eigenvalue weighted by Crippen LogP contribution is -2.19. The molecule has 1 aromatic heterocycles. The molecule has 0 N–H and O–H groups in total. The second-order valence-electron chi connectivity index (χ2n) is 4.98. The molecule has 0 saturated carbocycles. The van der Waals surface area contributed by atoms with Crippen LogP contribution in [0, 0.1) is 6.92 Å². The third-order valence-corrected chi connectivity index (χ3v) is 3.23. The molecule has 0 unspecified atom stereocenters. The molecule has 0 fully saturated rings. The normalized spacial score (nSPS) is 11.2. The van der Waals surface area contributed by atoms with Gasteiger partial charge < -0.3 is 9.32 Å². The van der Waals surface area contributed by atoms with Gasteiger partial charge in [-0.2, -0.15) is 0 Å². The fraction of sp³-hybridized carbons (Fsp3) is 0.438. The molecule has 102 valence electrons. The largest absolute Gasteiger partial charge is 0.441 e. The summed E-state index contributed by atoms with van der Waals surface area (Å²) in [5, 5.41) is 0. The highest BCUT2D eigenvalue weighted by atomic mass is 16.4. The molecule has 1 aromatic carbocycles. The fourth-order valence-corrected chi connectivity index (χ4v) is 2.04. The summed E-state index contributed by atoms with van der Waals surface area (Å²) >= 11 is 0. The molecule has 0 aliphatic carbocycles. The van der Waals surface area contributed by atoms with Crippen LogP contribution in [0.4, 0.5) is 0 Å². The van der Waals surface area contributed by atoms with Gasteiger partial charge in [-0.05, 0) is 39.1 Å². The molecule has 0 atom stereocenters. The molecule has 2 aromatic rings. The number of unbranched alkanes of at least 4 members (excludes halogenated alkanes) is 1. The van der Waals surface area contributed by atoms with E-state index in [0.717, 1.165) is 36.0 Å². The third-order valence-electron chi connectivity index (χ3n) is 3.23. The van der Waals surface area contributed by atoms with Crippen LogP contribution in [0.15, 0.2) is 34.7 Å². The Hall–Kier alpha value is -1.61. The van der Waals surface area contributed by atoms with Gasteiger partial charge in [-0.1, -0.05) is 31.5 Å². The summed E-state index contributed by atoms with van der Waals surface area (Å²) in [6.45, 7) is 6.15. The first-order valence-electron chi connectivity index (χ1n) is 6.91. The Morgan fingerprint density at radius 1 is 1.21 bits per heavy atom. The van der Waals surface area contributed by atoms with Crippen molar-refractivity contribution in [3.63, 3.8) is 0 Å². The van der Waals surface area contributed by atoms with E-state index in [1.165, 1.54) is 12.8 Å². The SMILES string of the molecule is CCCCN(C)Cc1nc(-c2ccccc2)oc1C. The minimum Gasteiger partial charge on any atom is -0.441 e. The lowest BCUT2D eigenvalue weighted by molar-refractivity contribution is 0.315. The first-order chi connectivity index (χ1) is 9.20. The van der Waals surface area contributed by atoms with Gasteiger partial charge >= 0.3 is 0 Å². The molecule has 0 spiro atoms. The summed E-state index contributed by atoms with van der Waals surface area (Å²) in [7, 11) is 2.13. The lowest BCUT2D eigenvalue weighted by Gasteiger charge is -2.14. The molecule has 0 bridgehead atoms. The molecule has 0 radical (unpaired) electrons. The van der Waals surface area contributed by atoms with E-state index in [1.54, 1.807) is 0 Å². The molecule has 0 saturated heterocycles. The van der Waals surface area contributed by atoms with E-state index >= 15 is 0 Å². The van der Waals surface area contributed by atoms with E-state index in [1.807, 2.05) is 37.3 Å². The van der Waals surface area contributed by atoms with Crippen LogP contribution in [0.25, 0.3) is 11.5 Å². The molecule has 0 amide bonds. The van der Waals surface area contributed by atoms with Gasteiger partial charge in [0.15, 0.2) is 0 Å². The van der Waals surface area contributed by atoms with E-state index in [9.17, 15) is 0 Å². The second-order valence-corrected chi connectivity index (χ2v) is 4.98. The van der Waals surface area contributed by atoms with Crippen molar-refractivity contribution in [1.29, 1.82) is 0 Å². The Morgan fingerprint density at radius 3 is 2.63 bits per heavy atom. The highest BCUT2D eigenvalue weighted by molar-refractivity contribution is 5.53. The minimum absolute atomic E-state index is 0.719. The first-order valence-corrected chi connectivity index (χ1v) is 6.91. The summed E-state index contributed by atoms with van der Waals surface area (Å²) in [5.41, 5.74) is 2.07. The van der Waals surface area contributed by atoms with Crippen molar-refractivity contribution in [2.75, 3.05) is 13.6 Å². The van der Waals surface area contributed by atoms with Crippen molar-refractivity contribution < 1.29 is 4.42 Å². The van der Waals surface area contributed by atoms with E-state index in [0.29, 0.717) is 0 Å². The number of hydrogen-bond acceptors (Lipinski definition) is 3. The van der Waals surface area contributed by atoms with E-state index in [-0.39, 0.29) is 0 Å². The third kappa shape index (κ3) is 3.67. The van der Waals surface area contributed by atoms with Gasteiger partial charge in [-0.3, -0.25) is 0 Å². The number of aryl methyl sites for hydroxylation is 1. The quantitative estimate of drug-likeness (QED) is 0.787. The maximum absolute atomic E-state index is 5.77. The van der Waals surface area contributed by atoms with Gasteiger partial charge in [-0.25, -0.2) is 4.98 Å². The zero-order valence-electron chi connectivity index (χ0n) is 12.0. The topological polar surface area (TPSA) is 29.3 Å². The van der Waals surface area contributed by atoms with Crippen molar-refractivity contribution in [2.24, 2.45) is 0 Å². The second kappa shape index (κ2) is 6.53. The Balaban J connectivity index is 2.09. The Bertz CT molecular complexity index is 505. The van der Waals surface area contributed by atoms with Crippen LogP contribution in [0.2, 0.25) is 0 Å². The minimum atomic E-state index is 0.719. The van der Waals surface area contributed by atoms with Crippen LogP contribution in [0.5, 0.6) is 0 Å². The molecule has 3 nitrogen and oxygen atoms in total. The van der Waals surface area contributed by atoms with Gasteiger partial charge in [-0.15, -0.1) is 0 Å². The highest BCUT2D eigenvalue weighted by Crippen LogP contribution is 2.22. The van der Waals surface area contributed by atoms with Crippen LogP contribution in [-0.4, -0.2) is 23.5 Å². The predicted molar refractivity (Wildman–Crippen MR) is 77.9 cm³/mol. The van der Waals surface area contributed by atoms with Crippen LogP contribution in [-0.2, 0) is 6.54 Å². The average molecular weight is 258 g/mol. The number of hydrogen-bond donors (Lipinski definition) is 0. The predicted octanol–water partition coefficient (Wildman–Crippen LogP) is 3.88. The van der Waals surface area contributed by atoms with Gasteiger partial charge in [0.05, 0.1) is 5.69 Å². The molecule has 1 heterocycles. The zero-order valence-corrected chi connectivity index (χ0v) is 12.0. The Morgan fingerprint density at radius 2 is 1.95 bits per heavy atom. The number of nitrogens with zero attached hydrogens (tertiary/aromatic N) is 2. The molecular weight excluding hydrogens is 236 g/mol. The molecule has 0 aliphatic heterocycles. The molecule has 2 rings (SSSR count). The number of aromatic nitrogens is 1. The lowest BCUT2D eigenvalue weighted by atomic mass is 10.2. The van der Waals surface area contributed by atoms with Crippen LogP contribution < -0.4 is 0 Å². The number of oxazole rings is 1. The summed E-state index contributed by atoms with van der Waals surface area (Å²) in [4.78, 5) is 6.91. The van der Waals surface area contributed by atoms with E-state index in [2.05, 4.69) is 23.9 Å². The molecular formula is C16H22N2O. The van der Waals surface area contributed by atoms with Crippen molar-refractivity contribution in [2.45, 2.75) is 33.2 Å². The monoisotopic (exact) mass is 258 g/mol. The van der Waals surface area contributed by atoms with Gasteiger partial charge in [0.2, 0.25) is 5.89 Å². The zero-order chi connectivity index (χ0) is 13.7. The van der Waals surface area contributed by atoms with Gasteiger partial charge in [0.25, 0.3) is 0 Å². The summed E-state index contributed by atoms with van der Waals surface area (Å²) in [6, 6.07) is 10.0. The van der Waals surface area contributed by atoms with E-state index < -0.39 is 0 Å². The van der Waals surface area contributed by atoms with Gasteiger partial charge in [0.1, 0.15) is 5.76 Å².